The predicted molar refractivity (Wildman–Crippen MR) is 106 cm³/mol. The lowest BCUT2D eigenvalue weighted by atomic mass is 9.89. The Morgan fingerprint density at radius 3 is 2.74 bits per heavy atom. The van der Waals surface area contributed by atoms with Crippen LogP contribution in [0.2, 0.25) is 0 Å². The minimum atomic E-state index is -0.192. The first-order valence-electron chi connectivity index (χ1n) is 10.0. The van der Waals surface area contributed by atoms with Gasteiger partial charge in [0, 0.05) is 19.0 Å². The maximum Gasteiger partial charge on any atom is 0.309 e. The predicted octanol–water partition coefficient (Wildman–Crippen LogP) is 4.13. The molecule has 1 aromatic carbocycles. The number of ether oxygens (including phenoxy) is 1. The third-order valence-electron chi connectivity index (χ3n) is 5.71. The molecular weight excluding hydrogens is 360 g/mol. The second kappa shape index (κ2) is 8.38. The average molecular weight is 387 g/mol. The van der Waals surface area contributed by atoms with Crippen molar-refractivity contribution in [1.82, 2.24) is 9.88 Å². The van der Waals surface area contributed by atoms with Crippen LogP contribution < -0.4 is 0 Å². The Bertz CT molecular complexity index is 780. The Morgan fingerprint density at radius 2 is 1.93 bits per heavy atom. The number of para-hydroxylation sites is 1. The van der Waals surface area contributed by atoms with Gasteiger partial charge in [0.15, 0.2) is 6.61 Å². The number of rotatable bonds is 4. The van der Waals surface area contributed by atoms with Crippen molar-refractivity contribution < 1.29 is 14.3 Å². The number of carbonyl (C=O) groups excluding carboxylic acids is 2. The van der Waals surface area contributed by atoms with Crippen molar-refractivity contribution in [2.24, 2.45) is 5.92 Å². The molecule has 0 unspecified atom stereocenters. The van der Waals surface area contributed by atoms with Gasteiger partial charge >= 0.3 is 5.97 Å². The first-order valence-corrected chi connectivity index (χ1v) is 10.8. The number of nitrogens with zero attached hydrogens (tertiary/aromatic N) is 2. The second-order valence-electron chi connectivity index (χ2n) is 7.64. The summed E-state index contributed by atoms with van der Waals surface area (Å²) < 4.78 is 6.53. The molecule has 1 amide bonds. The molecule has 5 nitrogen and oxygen atoms in total. The van der Waals surface area contributed by atoms with Crippen LogP contribution in [0.3, 0.4) is 0 Å². The molecular formula is C21H26N2O3S. The summed E-state index contributed by atoms with van der Waals surface area (Å²) in [5, 5.41) is 1.10. The number of benzene rings is 1. The van der Waals surface area contributed by atoms with Crippen LogP contribution in [0.25, 0.3) is 10.2 Å². The summed E-state index contributed by atoms with van der Waals surface area (Å²) in [5.41, 5.74) is 1.03. The average Bonchev–Trinajstić information content (AvgIpc) is 3.17. The zero-order valence-corrected chi connectivity index (χ0v) is 16.4. The smallest absolute Gasteiger partial charge is 0.309 e. The van der Waals surface area contributed by atoms with E-state index in [-0.39, 0.29) is 30.3 Å². The van der Waals surface area contributed by atoms with Gasteiger partial charge < -0.3 is 9.64 Å². The lowest BCUT2D eigenvalue weighted by Gasteiger charge is -2.31. The van der Waals surface area contributed by atoms with Crippen molar-refractivity contribution in [1.29, 1.82) is 0 Å². The minimum Gasteiger partial charge on any atom is -0.455 e. The van der Waals surface area contributed by atoms with Crippen molar-refractivity contribution in [2.45, 2.75) is 50.9 Å². The molecule has 2 heterocycles. The van der Waals surface area contributed by atoms with E-state index < -0.39 is 0 Å². The molecule has 0 radical (unpaired) electrons. The third kappa shape index (κ3) is 4.32. The van der Waals surface area contributed by atoms with Gasteiger partial charge in [-0.15, -0.1) is 11.3 Å². The van der Waals surface area contributed by atoms with Crippen LogP contribution >= 0.6 is 11.3 Å². The van der Waals surface area contributed by atoms with Gasteiger partial charge in [-0.25, -0.2) is 4.98 Å². The summed E-state index contributed by atoms with van der Waals surface area (Å²) in [7, 11) is 0. The number of fused-ring (bicyclic) bond motifs is 1. The highest BCUT2D eigenvalue weighted by Gasteiger charge is 2.28. The molecule has 0 bridgehead atoms. The maximum absolute atomic E-state index is 12.6. The molecule has 6 heteroatoms. The molecule has 0 N–H and O–H groups in total. The van der Waals surface area contributed by atoms with Gasteiger partial charge in [0.2, 0.25) is 0 Å². The zero-order valence-electron chi connectivity index (χ0n) is 15.6. The number of hydrogen-bond acceptors (Lipinski definition) is 5. The Morgan fingerprint density at radius 1 is 1.11 bits per heavy atom. The number of aromatic nitrogens is 1. The van der Waals surface area contributed by atoms with Crippen LogP contribution in [0.1, 0.15) is 55.9 Å². The molecule has 1 atom stereocenters. The topological polar surface area (TPSA) is 59.5 Å². The highest BCUT2D eigenvalue weighted by molar-refractivity contribution is 7.18. The van der Waals surface area contributed by atoms with Gasteiger partial charge in [-0.2, -0.15) is 0 Å². The number of thiazole rings is 1. The van der Waals surface area contributed by atoms with E-state index in [9.17, 15) is 9.59 Å². The number of carbonyl (C=O) groups is 2. The number of amides is 1. The monoisotopic (exact) mass is 386 g/mol. The van der Waals surface area contributed by atoms with Gasteiger partial charge in [0.1, 0.15) is 0 Å². The SMILES string of the molecule is O=C(OCC(=O)N1CCC[C@H](c2nc3ccccc3s2)C1)C1CCCCC1. The number of esters is 1. The zero-order chi connectivity index (χ0) is 18.6. The largest absolute Gasteiger partial charge is 0.455 e. The summed E-state index contributed by atoms with van der Waals surface area (Å²) >= 11 is 1.72. The second-order valence-corrected chi connectivity index (χ2v) is 8.70. The maximum atomic E-state index is 12.6. The summed E-state index contributed by atoms with van der Waals surface area (Å²) in [5.74, 6) is -0.00898. The molecule has 144 valence electrons. The highest BCUT2D eigenvalue weighted by Crippen LogP contribution is 2.33. The van der Waals surface area contributed by atoms with Crippen molar-refractivity contribution >= 4 is 33.4 Å². The van der Waals surface area contributed by atoms with E-state index in [1.807, 2.05) is 23.1 Å². The van der Waals surface area contributed by atoms with E-state index >= 15 is 0 Å². The molecule has 2 aromatic rings. The van der Waals surface area contributed by atoms with Gasteiger partial charge in [-0.1, -0.05) is 31.4 Å². The van der Waals surface area contributed by atoms with Crippen LogP contribution in [0.4, 0.5) is 0 Å². The first-order chi connectivity index (χ1) is 13.2. The van der Waals surface area contributed by atoms with Crippen LogP contribution in [0.5, 0.6) is 0 Å². The summed E-state index contributed by atoms with van der Waals surface area (Å²) in [6, 6.07) is 8.16. The molecule has 4 rings (SSSR count). The highest BCUT2D eigenvalue weighted by atomic mass is 32.1. The Hall–Kier alpha value is -1.95. The summed E-state index contributed by atoms with van der Waals surface area (Å²) in [4.78, 5) is 31.3. The number of piperidine rings is 1. The normalized spacial score (nSPS) is 21.3. The molecule has 1 saturated heterocycles. The van der Waals surface area contributed by atoms with Crippen LogP contribution in [0.15, 0.2) is 24.3 Å². The van der Waals surface area contributed by atoms with Crippen molar-refractivity contribution in [3.8, 4) is 0 Å². The van der Waals surface area contributed by atoms with Crippen molar-refractivity contribution in [2.75, 3.05) is 19.7 Å². The van der Waals surface area contributed by atoms with E-state index in [0.29, 0.717) is 6.54 Å². The van der Waals surface area contributed by atoms with E-state index in [2.05, 4.69) is 6.07 Å². The van der Waals surface area contributed by atoms with E-state index in [1.165, 1.54) is 11.1 Å². The lowest BCUT2D eigenvalue weighted by Crippen LogP contribution is -2.41. The lowest BCUT2D eigenvalue weighted by molar-refractivity contribution is -0.156. The number of hydrogen-bond donors (Lipinski definition) is 0. The molecule has 1 saturated carbocycles. The Kier molecular flexibility index (Phi) is 5.72. The molecule has 2 fully saturated rings. The van der Waals surface area contributed by atoms with Gasteiger partial charge in [-0.05, 0) is 37.8 Å². The third-order valence-corrected chi connectivity index (χ3v) is 6.91. The molecule has 1 aliphatic heterocycles. The first kappa shape index (κ1) is 18.4. The minimum absolute atomic E-state index is 0.0107. The van der Waals surface area contributed by atoms with E-state index in [1.54, 1.807) is 11.3 Å². The fourth-order valence-corrected chi connectivity index (χ4v) is 5.24. The molecule has 1 aliphatic carbocycles. The number of likely N-dealkylation sites (tertiary alicyclic amines) is 1. The molecule has 2 aliphatic rings. The van der Waals surface area contributed by atoms with Gasteiger partial charge in [0.25, 0.3) is 5.91 Å². The van der Waals surface area contributed by atoms with E-state index in [0.717, 1.165) is 55.6 Å². The standard InChI is InChI=1S/C21H26N2O3S/c24-19(14-26-21(25)15-7-2-1-3-8-15)23-12-6-9-16(13-23)20-22-17-10-4-5-11-18(17)27-20/h4-5,10-11,15-16H,1-3,6-9,12-14H2/t16-/m0/s1. The van der Waals surface area contributed by atoms with Crippen LogP contribution in [-0.2, 0) is 14.3 Å². The Labute approximate surface area is 163 Å². The Balaban J connectivity index is 1.33. The van der Waals surface area contributed by atoms with Gasteiger partial charge in [-0.3, -0.25) is 9.59 Å². The van der Waals surface area contributed by atoms with Crippen LogP contribution in [-0.4, -0.2) is 41.5 Å². The van der Waals surface area contributed by atoms with Crippen molar-refractivity contribution in [3.63, 3.8) is 0 Å². The molecule has 1 aromatic heterocycles. The quantitative estimate of drug-likeness (QED) is 0.742. The fourth-order valence-electron chi connectivity index (χ4n) is 4.15. The summed E-state index contributed by atoms with van der Waals surface area (Å²) in [6.45, 7) is 1.28. The van der Waals surface area contributed by atoms with Crippen molar-refractivity contribution in [3.05, 3.63) is 29.3 Å². The molecule has 27 heavy (non-hydrogen) atoms. The van der Waals surface area contributed by atoms with Crippen LogP contribution in [0, 0.1) is 5.92 Å². The van der Waals surface area contributed by atoms with Gasteiger partial charge in [0.05, 0.1) is 21.1 Å². The van der Waals surface area contributed by atoms with E-state index in [4.69, 9.17) is 9.72 Å². The molecule has 0 spiro atoms. The fraction of sp³-hybridized carbons (Fsp3) is 0.571. The summed E-state index contributed by atoms with van der Waals surface area (Å²) in [6.07, 6.45) is 7.18.